The van der Waals surface area contributed by atoms with Crippen LogP contribution in [0.15, 0.2) is 0 Å². The average Bonchev–Trinajstić information content (AvgIpc) is 2.27. The van der Waals surface area contributed by atoms with Crippen LogP contribution in [0.25, 0.3) is 0 Å². The quantitative estimate of drug-likeness (QED) is 0.340. The summed E-state index contributed by atoms with van der Waals surface area (Å²) in [6.45, 7) is 4.27. The van der Waals surface area contributed by atoms with Crippen molar-refractivity contribution in [2.75, 3.05) is 6.61 Å². The molecule has 2 N–H and O–H groups in total. The number of rotatable bonds is 9. The Morgan fingerprint density at radius 1 is 1.39 bits per heavy atom. The van der Waals surface area contributed by atoms with Crippen molar-refractivity contribution >= 4 is 24.6 Å². The van der Waals surface area contributed by atoms with Crippen molar-refractivity contribution in [1.82, 2.24) is 0 Å². The van der Waals surface area contributed by atoms with Gasteiger partial charge in [-0.3, -0.25) is 4.79 Å². The summed E-state index contributed by atoms with van der Waals surface area (Å²) < 4.78 is 4.93. The van der Waals surface area contributed by atoms with E-state index in [0.717, 1.165) is 25.7 Å². The molecule has 2 atom stereocenters. The van der Waals surface area contributed by atoms with Crippen LogP contribution in [0.4, 0.5) is 0 Å². The smallest absolute Gasteiger partial charge is 0.349 e. The first-order chi connectivity index (χ1) is 8.33. The van der Waals surface area contributed by atoms with Gasteiger partial charge < -0.3 is 14.9 Å². The summed E-state index contributed by atoms with van der Waals surface area (Å²) in [5, 5.41) is 18.0. The predicted octanol–water partition coefficient (Wildman–Crippen LogP) is 1.84. The minimum atomic E-state index is -2.26. The third kappa shape index (κ3) is 6.86. The van der Waals surface area contributed by atoms with E-state index in [9.17, 15) is 14.7 Å². The molecule has 0 bridgehead atoms. The first-order valence-electron chi connectivity index (χ1n) is 6.17. The van der Waals surface area contributed by atoms with Gasteiger partial charge in [0.25, 0.3) is 0 Å². The number of carboxylic acid groups (broad SMARTS) is 1. The molecule has 18 heavy (non-hydrogen) atoms. The number of ether oxygens (including phenoxy) is 1. The maximum Gasteiger partial charge on any atom is 0.349 e. The minimum Gasteiger partial charge on any atom is -0.481 e. The zero-order valence-electron chi connectivity index (χ0n) is 10.9. The molecule has 0 aromatic rings. The molecule has 0 rings (SSSR count). The summed E-state index contributed by atoms with van der Waals surface area (Å²) in [5.74, 6) is -2.06. The lowest BCUT2D eigenvalue weighted by Crippen LogP contribution is -2.37. The van der Waals surface area contributed by atoms with Crippen molar-refractivity contribution in [3.8, 4) is 0 Å². The molecule has 0 saturated heterocycles. The highest BCUT2D eigenvalue weighted by molar-refractivity contribution is 7.82. The Bertz CT molecular complexity index is 278. The van der Waals surface area contributed by atoms with E-state index in [1.807, 2.05) is 6.92 Å². The Balaban J connectivity index is 4.17. The molecule has 0 aliphatic heterocycles. The molecular formula is C12H22O5S. The van der Waals surface area contributed by atoms with E-state index in [-0.39, 0.29) is 12.5 Å². The van der Waals surface area contributed by atoms with E-state index in [2.05, 4.69) is 19.6 Å². The van der Waals surface area contributed by atoms with Crippen molar-refractivity contribution in [3.05, 3.63) is 0 Å². The molecule has 2 unspecified atom stereocenters. The van der Waals surface area contributed by atoms with E-state index in [1.165, 1.54) is 0 Å². The Labute approximate surface area is 113 Å². The van der Waals surface area contributed by atoms with Crippen LogP contribution < -0.4 is 0 Å². The lowest BCUT2D eigenvalue weighted by molar-refractivity contribution is -0.162. The number of aliphatic hydroxyl groups is 1. The summed E-state index contributed by atoms with van der Waals surface area (Å²) in [4.78, 5) is 19.7. The normalized spacial score (nSPS) is 15.8. The molecule has 0 saturated carbocycles. The fourth-order valence-electron chi connectivity index (χ4n) is 1.49. The third-order valence-electron chi connectivity index (χ3n) is 2.72. The highest BCUT2D eigenvalue weighted by Crippen LogP contribution is 2.19. The Hall–Kier alpha value is -0.750. The molecule has 0 fully saturated rings. The number of thiol groups is 1. The van der Waals surface area contributed by atoms with Gasteiger partial charge in [0.15, 0.2) is 0 Å². The van der Waals surface area contributed by atoms with E-state index in [0.29, 0.717) is 0 Å². The van der Waals surface area contributed by atoms with Gasteiger partial charge in [-0.05, 0) is 12.3 Å². The molecule has 0 aromatic heterocycles. The third-order valence-corrected chi connectivity index (χ3v) is 3.06. The predicted molar refractivity (Wildman–Crippen MR) is 70.5 cm³/mol. The Morgan fingerprint density at radius 2 is 2.00 bits per heavy atom. The number of esters is 1. The maximum atomic E-state index is 11.5. The number of carboxylic acids is 1. The minimum absolute atomic E-state index is 0.192. The molecule has 5 nitrogen and oxygen atoms in total. The van der Waals surface area contributed by atoms with Crippen LogP contribution >= 0.6 is 12.6 Å². The van der Waals surface area contributed by atoms with Crippen LogP contribution in [0.1, 0.15) is 46.0 Å². The van der Waals surface area contributed by atoms with Gasteiger partial charge in [-0.15, -0.1) is 12.6 Å². The molecule has 0 heterocycles. The summed E-state index contributed by atoms with van der Waals surface area (Å²) in [6.07, 6.45) is 3.17. The van der Waals surface area contributed by atoms with E-state index in [1.54, 1.807) is 0 Å². The van der Waals surface area contributed by atoms with Crippen LogP contribution in [-0.4, -0.2) is 33.7 Å². The molecule has 106 valence electrons. The van der Waals surface area contributed by atoms with Crippen LogP contribution in [0.3, 0.4) is 0 Å². The summed E-state index contributed by atoms with van der Waals surface area (Å²) >= 11 is 3.62. The second kappa shape index (κ2) is 8.37. The molecule has 0 spiro atoms. The average molecular weight is 278 g/mol. The van der Waals surface area contributed by atoms with E-state index in [4.69, 9.17) is 9.84 Å². The maximum absolute atomic E-state index is 11.5. The first kappa shape index (κ1) is 17.2. The standard InChI is InChI=1S/C12H22O5S/c1-3-5-6-9(4-2)8-17-11(15)12(16,18)7-10(13)14/h9,16,18H,3-8H2,1-2H3,(H,13,14). The van der Waals surface area contributed by atoms with Gasteiger partial charge in [-0.25, -0.2) is 4.79 Å². The van der Waals surface area contributed by atoms with Crippen molar-refractivity contribution < 1.29 is 24.5 Å². The molecule has 0 aliphatic rings. The first-order valence-corrected chi connectivity index (χ1v) is 6.62. The van der Waals surface area contributed by atoms with Gasteiger partial charge >= 0.3 is 11.9 Å². The van der Waals surface area contributed by atoms with Crippen LogP contribution in [0.5, 0.6) is 0 Å². The summed E-state index contributed by atoms with van der Waals surface area (Å²) in [6, 6.07) is 0. The lowest BCUT2D eigenvalue weighted by Gasteiger charge is -2.20. The van der Waals surface area contributed by atoms with Crippen molar-refractivity contribution in [2.45, 2.75) is 50.9 Å². The second-order valence-corrected chi connectivity index (χ2v) is 5.14. The Morgan fingerprint density at radius 3 is 2.44 bits per heavy atom. The number of hydrogen-bond donors (Lipinski definition) is 3. The van der Waals surface area contributed by atoms with Crippen LogP contribution in [-0.2, 0) is 14.3 Å². The number of hydrogen-bond acceptors (Lipinski definition) is 5. The highest BCUT2D eigenvalue weighted by Gasteiger charge is 2.36. The van der Waals surface area contributed by atoms with Gasteiger partial charge in [-0.1, -0.05) is 33.1 Å². The molecule has 0 aromatic carbocycles. The number of carbonyl (C=O) groups is 2. The number of unbranched alkanes of at least 4 members (excludes halogenated alkanes) is 1. The zero-order chi connectivity index (χ0) is 14.2. The lowest BCUT2D eigenvalue weighted by atomic mass is 10.0. The molecule has 0 radical (unpaired) electrons. The Kier molecular flexibility index (Phi) is 8.02. The second-order valence-electron chi connectivity index (χ2n) is 4.40. The van der Waals surface area contributed by atoms with Gasteiger partial charge in [0.1, 0.15) is 0 Å². The zero-order valence-corrected chi connectivity index (χ0v) is 11.8. The van der Waals surface area contributed by atoms with Gasteiger partial charge in [0.05, 0.1) is 13.0 Å². The number of aliphatic carboxylic acids is 1. The van der Waals surface area contributed by atoms with E-state index < -0.39 is 23.3 Å². The molecular weight excluding hydrogens is 256 g/mol. The summed E-state index contributed by atoms with van der Waals surface area (Å²) in [7, 11) is 0. The van der Waals surface area contributed by atoms with Crippen molar-refractivity contribution in [2.24, 2.45) is 5.92 Å². The topological polar surface area (TPSA) is 83.8 Å². The SMILES string of the molecule is CCCCC(CC)COC(=O)C(O)(S)CC(=O)O. The highest BCUT2D eigenvalue weighted by atomic mass is 32.1. The largest absolute Gasteiger partial charge is 0.481 e. The number of carbonyl (C=O) groups excluding carboxylic acids is 1. The summed E-state index contributed by atoms with van der Waals surface area (Å²) in [5.41, 5.74) is 0. The van der Waals surface area contributed by atoms with Crippen LogP contribution in [0, 0.1) is 5.92 Å². The van der Waals surface area contributed by atoms with Crippen molar-refractivity contribution in [3.63, 3.8) is 0 Å². The van der Waals surface area contributed by atoms with Gasteiger partial charge in [-0.2, -0.15) is 0 Å². The van der Waals surface area contributed by atoms with Gasteiger partial charge in [0, 0.05) is 0 Å². The molecule has 0 amide bonds. The fourth-order valence-corrected chi connectivity index (χ4v) is 1.69. The molecule has 0 aliphatic carbocycles. The fraction of sp³-hybridized carbons (Fsp3) is 0.833. The van der Waals surface area contributed by atoms with Crippen LogP contribution in [0.2, 0.25) is 0 Å². The van der Waals surface area contributed by atoms with Gasteiger partial charge in [0.2, 0.25) is 4.93 Å². The van der Waals surface area contributed by atoms with E-state index >= 15 is 0 Å². The monoisotopic (exact) mass is 278 g/mol. The molecule has 6 heteroatoms. The van der Waals surface area contributed by atoms with Crippen molar-refractivity contribution in [1.29, 1.82) is 0 Å².